The van der Waals surface area contributed by atoms with Gasteiger partial charge in [0, 0.05) is 13.0 Å². The first-order chi connectivity index (χ1) is 5.34. The summed E-state index contributed by atoms with van der Waals surface area (Å²) in [6.45, 7) is 3.48. The van der Waals surface area contributed by atoms with E-state index in [2.05, 4.69) is 0 Å². The van der Waals surface area contributed by atoms with Crippen molar-refractivity contribution in [3.63, 3.8) is 0 Å². The molecule has 0 atom stereocenters. The monoisotopic (exact) mass is 157 g/mol. The van der Waals surface area contributed by atoms with Crippen molar-refractivity contribution in [3.05, 3.63) is 0 Å². The molecule has 1 amide bonds. The maximum Gasteiger partial charge on any atom is 0.246 e. The third kappa shape index (κ3) is 2.50. The topological polar surface area (TPSA) is 29.5 Å². The van der Waals surface area contributed by atoms with Gasteiger partial charge in [-0.15, -0.1) is 0 Å². The molecule has 0 aromatic heterocycles. The van der Waals surface area contributed by atoms with Gasteiger partial charge >= 0.3 is 0 Å². The van der Waals surface area contributed by atoms with E-state index in [1.54, 1.807) is 0 Å². The fourth-order valence-electron chi connectivity index (χ4n) is 1.13. The number of amides is 1. The molecule has 1 heterocycles. The largest absolute Gasteiger partial charge is 0.273 e. The van der Waals surface area contributed by atoms with Crippen LogP contribution in [0.1, 0.15) is 32.6 Å². The zero-order chi connectivity index (χ0) is 8.10. The van der Waals surface area contributed by atoms with Crippen LogP contribution >= 0.6 is 0 Å². The van der Waals surface area contributed by atoms with E-state index in [9.17, 15) is 4.79 Å². The lowest BCUT2D eigenvalue weighted by Crippen LogP contribution is -2.35. The smallest absolute Gasteiger partial charge is 0.246 e. The van der Waals surface area contributed by atoms with Crippen LogP contribution < -0.4 is 0 Å². The Hall–Kier alpha value is -0.570. The molecule has 0 bridgehead atoms. The van der Waals surface area contributed by atoms with E-state index in [-0.39, 0.29) is 5.91 Å². The molecule has 0 spiro atoms. The lowest BCUT2D eigenvalue weighted by Gasteiger charge is -2.25. The highest BCUT2D eigenvalue weighted by molar-refractivity contribution is 5.74. The summed E-state index contributed by atoms with van der Waals surface area (Å²) < 4.78 is 0. The third-order valence-electron chi connectivity index (χ3n) is 1.74. The third-order valence-corrected chi connectivity index (χ3v) is 1.74. The molecule has 1 saturated heterocycles. The molecule has 0 radical (unpaired) electrons. The van der Waals surface area contributed by atoms with Crippen LogP contribution in [0.3, 0.4) is 0 Å². The summed E-state index contributed by atoms with van der Waals surface area (Å²) in [6, 6.07) is 0. The van der Waals surface area contributed by atoms with Crippen LogP contribution in [-0.4, -0.2) is 24.1 Å². The molecule has 0 aromatic rings. The van der Waals surface area contributed by atoms with Crippen LogP contribution in [0, 0.1) is 0 Å². The second-order valence-corrected chi connectivity index (χ2v) is 2.79. The Labute approximate surface area is 67.3 Å². The van der Waals surface area contributed by atoms with Crippen LogP contribution in [0.25, 0.3) is 0 Å². The molecule has 3 heteroatoms. The first-order valence-corrected chi connectivity index (χ1v) is 4.28. The molecule has 0 aromatic carbocycles. The minimum absolute atomic E-state index is 0.132. The Balaban J connectivity index is 2.27. The van der Waals surface area contributed by atoms with Gasteiger partial charge in [0.1, 0.15) is 0 Å². The number of hydrogen-bond acceptors (Lipinski definition) is 2. The van der Waals surface area contributed by atoms with Crippen molar-refractivity contribution in [1.82, 2.24) is 5.06 Å². The SMILES string of the molecule is CCCC(=O)N1CCCCO1. The highest BCUT2D eigenvalue weighted by Crippen LogP contribution is 2.07. The van der Waals surface area contributed by atoms with E-state index in [1.165, 1.54) is 5.06 Å². The summed E-state index contributed by atoms with van der Waals surface area (Å²) >= 11 is 0. The number of hydrogen-bond donors (Lipinski definition) is 0. The van der Waals surface area contributed by atoms with Gasteiger partial charge in [-0.05, 0) is 19.3 Å². The summed E-state index contributed by atoms with van der Waals surface area (Å²) in [5.41, 5.74) is 0. The Morgan fingerprint density at radius 2 is 2.36 bits per heavy atom. The standard InChI is InChI=1S/C8H15NO2/c1-2-5-8(10)9-6-3-4-7-11-9/h2-7H2,1H3. The Bertz CT molecular complexity index is 130. The predicted molar refractivity (Wildman–Crippen MR) is 41.8 cm³/mol. The number of carbonyl (C=O) groups excluding carboxylic acids is 1. The van der Waals surface area contributed by atoms with E-state index in [0.29, 0.717) is 13.0 Å². The fourth-order valence-corrected chi connectivity index (χ4v) is 1.13. The van der Waals surface area contributed by atoms with Gasteiger partial charge in [-0.1, -0.05) is 6.92 Å². The molecule has 1 rings (SSSR count). The minimum Gasteiger partial charge on any atom is -0.273 e. The van der Waals surface area contributed by atoms with Gasteiger partial charge in [0.25, 0.3) is 0 Å². The van der Waals surface area contributed by atoms with Crippen molar-refractivity contribution in [3.8, 4) is 0 Å². The summed E-state index contributed by atoms with van der Waals surface area (Å²) in [4.78, 5) is 16.4. The lowest BCUT2D eigenvalue weighted by atomic mass is 10.2. The van der Waals surface area contributed by atoms with Crippen LogP contribution in [0.15, 0.2) is 0 Å². The average Bonchev–Trinajstić information content (AvgIpc) is 2.07. The minimum atomic E-state index is 0.132. The van der Waals surface area contributed by atoms with Crippen LogP contribution in [0.5, 0.6) is 0 Å². The normalized spacial score (nSPS) is 18.5. The van der Waals surface area contributed by atoms with Gasteiger partial charge in [0.15, 0.2) is 0 Å². The maximum atomic E-state index is 11.2. The molecular weight excluding hydrogens is 142 g/mol. The molecule has 0 N–H and O–H groups in total. The van der Waals surface area contributed by atoms with Gasteiger partial charge in [-0.25, -0.2) is 5.06 Å². The number of carbonyl (C=O) groups is 1. The first kappa shape index (κ1) is 8.53. The van der Waals surface area contributed by atoms with Gasteiger partial charge in [-0.2, -0.15) is 0 Å². The van der Waals surface area contributed by atoms with Crippen molar-refractivity contribution in [1.29, 1.82) is 0 Å². The molecule has 3 nitrogen and oxygen atoms in total. The summed E-state index contributed by atoms with van der Waals surface area (Å²) in [5.74, 6) is 0.132. The van der Waals surface area contributed by atoms with Crippen molar-refractivity contribution in [2.45, 2.75) is 32.6 Å². The Morgan fingerprint density at radius 3 is 2.91 bits per heavy atom. The average molecular weight is 157 g/mol. The first-order valence-electron chi connectivity index (χ1n) is 4.28. The molecule has 0 aliphatic carbocycles. The second kappa shape index (κ2) is 4.34. The summed E-state index contributed by atoms with van der Waals surface area (Å²) in [5, 5.41) is 1.51. The fraction of sp³-hybridized carbons (Fsp3) is 0.875. The number of hydroxylamine groups is 2. The molecule has 11 heavy (non-hydrogen) atoms. The van der Waals surface area contributed by atoms with Crippen molar-refractivity contribution < 1.29 is 9.63 Å². The summed E-state index contributed by atoms with van der Waals surface area (Å²) in [7, 11) is 0. The molecule has 1 aliphatic heterocycles. The van der Waals surface area contributed by atoms with Gasteiger partial charge in [0.05, 0.1) is 6.61 Å². The number of rotatable bonds is 2. The van der Waals surface area contributed by atoms with E-state index in [0.717, 1.165) is 25.8 Å². The molecular formula is C8H15NO2. The van der Waals surface area contributed by atoms with Crippen molar-refractivity contribution >= 4 is 5.91 Å². The quantitative estimate of drug-likeness (QED) is 0.605. The maximum absolute atomic E-state index is 11.2. The summed E-state index contributed by atoms with van der Waals surface area (Å²) in [6.07, 6.45) is 3.67. The molecule has 0 unspecified atom stereocenters. The van der Waals surface area contributed by atoms with E-state index in [4.69, 9.17) is 4.84 Å². The van der Waals surface area contributed by atoms with E-state index >= 15 is 0 Å². The zero-order valence-corrected chi connectivity index (χ0v) is 7.01. The predicted octanol–water partition coefficient (Wildman–Crippen LogP) is 1.34. The Kier molecular flexibility index (Phi) is 3.36. The molecule has 1 aliphatic rings. The van der Waals surface area contributed by atoms with Crippen molar-refractivity contribution in [2.24, 2.45) is 0 Å². The highest BCUT2D eigenvalue weighted by Gasteiger charge is 2.15. The zero-order valence-electron chi connectivity index (χ0n) is 7.01. The second-order valence-electron chi connectivity index (χ2n) is 2.79. The van der Waals surface area contributed by atoms with E-state index in [1.807, 2.05) is 6.92 Å². The molecule has 64 valence electrons. The van der Waals surface area contributed by atoms with Crippen LogP contribution in [0.4, 0.5) is 0 Å². The van der Waals surface area contributed by atoms with Crippen LogP contribution in [-0.2, 0) is 9.63 Å². The van der Waals surface area contributed by atoms with Gasteiger partial charge < -0.3 is 0 Å². The van der Waals surface area contributed by atoms with E-state index < -0.39 is 0 Å². The lowest BCUT2D eigenvalue weighted by molar-refractivity contribution is -0.197. The highest BCUT2D eigenvalue weighted by atomic mass is 16.7. The molecule has 1 fully saturated rings. The van der Waals surface area contributed by atoms with Gasteiger partial charge in [-0.3, -0.25) is 9.63 Å². The molecule has 0 saturated carbocycles. The Morgan fingerprint density at radius 1 is 1.55 bits per heavy atom. The van der Waals surface area contributed by atoms with Crippen LogP contribution in [0.2, 0.25) is 0 Å². The van der Waals surface area contributed by atoms with Gasteiger partial charge in [0.2, 0.25) is 5.91 Å². The number of nitrogens with zero attached hydrogens (tertiary/aromatic N) is 1. The van der Waals surface area contributed by atoms with Crippen molar-refractivity contribution in [2.75, 3.05) is 13.2 Å².